The molecule has 0 saturated heterocycles. The summed E-state index contributed by atoms with van der Waals surface area (Å²) in [4.78, 5) is 26.4. The number of nitrogens with one attached hydrogen (secondary N) is 1. The first-order valence-electron chi connectivity index (χ1n) is 11.4. The Morgan fingerprint density at radius 1 is 0.903 bits per heavy atom. The number of hydrogen-bond donors (Lipinski definition) is 1. The molecule has 178 valence electrons. The van der Waals surface area contributed by atoms with E-state index in [1.807, 2.05) is 0 Å². The van der Waals surface area contributed by atoms with Gasteiger partial charge in [-0.15, -0.1) is 0 Å². The molecule has 1 aromatic rings. The number of rotatable bonds is 16. The molecule has 31 heavy (non-hydrogen) atoms. The minimum atomic E-state index is -1.12. The van der Waals surface area contributed by atoms with Crippen LogP contribution in [0.5, 0.6) is 5.75 Å². The second-order valence-electron chi connectivity index (χ2n) is 7.88. The smallest absolute Gasteiger partial charge is 0.490 e. The van der Waals surface area contributed by atoms with Gasteiger partial charge in [0, 0.05) is 13.1 Å². The van der Waals surface area contributed by atoms with Gasteiger partial charge >= 0.3 is 12.1 Å². The summed E-state index contributed by atoms with van der Waals surface area (Å²) in [5.41, 5.74) is 0.0485. The third kappa shape index (κ3) is 11.9. The van der Waals surface area contributed by atoms with Crippen LogP contribution in [-0.4, -0.2) is 36.1 Å². The quantitative estimate of drug-likeness (QED) is 0.162. The number of aromatic nitrogens is 1. The molecule has 1 unspecified atom stereocenters. The lowest BCUT2D eigenvalue weighted by Crippen LogP contribution is -2.24. The number of carbonyl (C=O) groups is 2. The van der Waals surface area contributed by atoms with Crippen molar-refractivity contribution in [1.82, 2.24) is 4.98 Å². The van der Waals surface area contributed by atoms with Crippen LogP contribution in [0.2, 0.25) is 5.02 Å². The number of ether oxygens (including phenoxy) is 4. The summed E-state index contributed by atoms with van der Waals surface area (Å²) in [6, 6.07) is 0. The van der Waals surface area contributed by atoms with Crippen LogP contribution < -0.4 is 4.74 Å². The predicted molar refractivity (Wildman–Crippen MR) is 121 cm³/mol. The zero-order valence-corrected chi connectivity index (χ0v) is 20.1. The lowest BCUT2D eigenvalue weighted by molar-refractivity contribution is -0.0868. The molecule has 0 radical (unpaired) electrons. The maximum absolute atomic E-state index is 12.2. The molecule has 0 aliphatic carbocycles. The second kappa shape index (κ2) is 15.8. The highest BCUT2D eigenvalue weighted by atomic mass is 35.5. The molecule has 1 atom stereocenters. The summed E-state index contributed by atoms with van der Waals surface area (Å²) in [5, 5.41) is 0.147. The summed E-state index contributed by atoms with van der Waals surface area (Å²) in [6.07, 6.45) is 11.6. The largest absolute Gasteiger partial charge is 0.511 e. The molecule has 0 saturated carbocycles. The van der Waals surface area contributed by atoms with E-state index in [2.05, 4.69) is 11.9 Å². The van der Waals surface area contributed by atoms with Gasteiger partial charge in [-0.3, -0.25) is 0 Å². The lowest BCUT2D eigenvalue weighted by atomic mass is 10.1. The van der Waals surface area contributed by atoms with Crippen LogP contribution in [0.25, 0.3) is 0 Å². The highest BCUT2D eigenvalue weighted by Gasteiger charge is 2.22. The van der Waals surface area contributed by atoms with E-state index in [4.69, 9.17) is 30.5 Å². The van der Waals surface area contributed by atoms with Gasteiger partial charge in [-0.2, -0.15) is 0 Å². The average molecular weight is 460 g/mol. The minimum Gasteiger partial charge on any atom is -0.490 e. The first kappa shape index (κ1) is 27.1. The summed E-state index contributed by atoms with van der Waals surface area (Å²) in [6.45, 7) is 7.56. The van der Waals surface area contributed by atoms with E-state index in [0.717, 1.165) is 12.8 Å². The third-order valence-electron chi connectivity index (χ3n) is 4.61. The van der Waals surface area contributed by atoms with Crippen LogP contribution in [0.3, 0.4) is 0 Å². The van der Waals surface area contributed by atoms with Crippen molar-refractivity contribution in [3.05, 3.63) is 16.9 Å². The molecule has 0 bridgehead atoms. The molecule has 1 aromatic heterocycles. The molecule has 0 spiro atoms. The van der Waals surface area contributed by atoms with Gasteiger partial charge in [0.2, 0.25) is 6.29 Å². The predicted octanol–water partition coefficient (Wildman–Crippen LogP) is 7.03. The number of hydrogen-bond acceptors (Lipinski definition) is 6. The Kier molecular flexibility index (Phi) is 13.9. The topological polar surface area (TPSA) is 86.9 Å². The molecule has 0 aromatic carbocycles. The van der Waals surface area contributed by atoms with E-state index in [-0.39, 0.29) is 16.8 Å². The molecular formula is C23H38ClNO6. The van der Waals surface area contributed by atoms with Crippen molar-refractivity contribution in [2.24, 2.45) is 0 Å². The third-order valence-corrected chi connectivity index (χ3v) is 4.99. The zero-order chi connectivity index (χ0) is 23.1. The maximum atomic E-state index is 12.2. The summed E-state index contributed by atoms with van der Waals surface area (Å²) >= 11 is 6.22. The number of esters is 1. The van der Waals surface area contributed by atoms with Gasteiger partial charge in [0.25, 0.3) is 0 Å². The van der Waals surface area contributed by atoms with Gasteiger partial charge in [0.15, 0.2) is 5.75 Å². The molecule has 7 nitrogen and oxygen atoms in total. The maximum Gasteiger partial charge on any atom is 0.511 e. The summed E-state index contributed by atoms with van der Waals surface area (Å²) < 4.78 is 20.4. The Labute approximate surface area is 191 Å². The SMILES string of the molecule is CCCCCCCCCCCCOc1c[nH]c(C(=O)OC(C)OC(=O)OC(C)C)c1Cl. The van der Waals surface area contributed by atoms with Crippen LogP contribution in [0.1, 0.15) is 102 Å². The highest BCUT2D eigenvalue weighted by Crippen LogP contribution is 2.29. The van der Waals surface area contributed by atoms with Crippen molar-refractivity contribution in [3.63, 3.8) is 0 Å². The van der Waals surface area contributed by atoms with Crippen LogP contribution in [0.4, 0.5) is 4.79 Å². The molecule has 1 N–H and O–H groups in total. The van der Waals surface area contributed by atoms with E-state index in [9.17, 15) is 9.59 Å². The standard InChI is InChI=1S/C23H38ClNO6/c1-5-6-7-8-9-10-11-12-13-14-15-28-19-16-25-21(20(19)24)22(26)30-18(4)31-23(27)29-17(2)3/h16-18,25H,5-15H2,1-4H3. The minimum absolute atomic E-state index is 0.0485. The van der Waals surface area contributed by atoms with Crippen LogP contribution in [0.15, 0.2) is 6.20 Å². The van der Waals surface area contributed by atoms with E-state index < -0.39 is 18.4 Å². The van der Waals surface area contributed by atoms with E-state index in [1.165, 1.54) is 64.5 Å². The highest BCUT2D eigenvalue weighted by molar-refractivity contribution is 6.34. The molecular weight excluding hydrogens is 422 g/mol. The van der Waals surface area contributed by atoms with Crippen LogP contribution in [0, 0.1) is 0 Å². The van der Waals surface area contributed by atoms with Crippen molar-refractivity contribution in [2.45, 2.75) is 104 Å². The van der Waals surface area contributed by atoms with Crippen molar-refractivity contribution >= 4 is 23.7 Å². The fraction of sp³-hybridized carbons (Fsp3) is 0.739. The molecule has 0 aliphatic heterocycles. The lowest BCUT2D eigenvalue weighted by Gasteiger charge is -2.14. The van der Waals surface area contributed by atoms with E-state index in [0.29, 0.717) is 12.4 Å². The second-order valence-corrected chi connectivity index (χ2v) is 8.26. The van der Waals surface area contributed by atoms with Crippen molar-refractivity contribution < 1.29 is 28.5 Å². The van der Waals surface area contributed by atoms with Crippen molar-refractivity contribution in [1.29, 1.82) is 0 Å². The number of H-pyrrole nitrogens is 1. The van der Waals surface area contributed by atoms with E-state index >= 15 is 0 Å². The number of halogens is 1. The molecule has 8 heteroatoms. The van der Waals surface area contributed by atoms with Gasteiger partial charge in [0.05, 0.1) is 12.7 Å². The zero-order valence-electron chi connectivity index (χ0n) is 19.3. The van der Waals surface area contributed by atoms with Gasteiger partial charge in [-0.05, 0) is 20.3 Å². The average Bonchev–Trinajstić information content (AvgIpc) is 3.05. The van der Waals surface area contributed by atoms with Crippen LogP contribution in [-0.2, 0) is 14.2 Å². The molecule has 0 aliphatic rings. The Bertz CT molecular complexity index is 646. The molecule has 0 fully saturated rings. The Morgan fingerprint density at radius 2 is 1.48 bits per heavy atom. The van der Waals surface area contributed by atoms with Crippen LogP contribution >= 0.6 is 11.6 Å². The Hall–Kier alpha value is -1.89. The number of aromatic amines is 1. The molecule has 0 amide bonds. The Morgan fingerprint density at radius 3 is 2.06 bits per heavy atom. The van der Waals surface area contributed by atoms with E-state index in [1.54, 1.807) is 13.8 Å². The normalized spacial score (nSPS) is 11.9. The van der Waals surface area contributed by atoms with Gasteiger partial charge in [-0.25, -0.2) is 9.59 Å². The molecule has 1 heterocycles. The first-order valence-corrected chi connectivity index (χ1v) is 11.8. The van der Waals surface area contributed by atoms with Gasteiger partial charge in [-0.1, -0.05) is 76.3 Å². The monoisotopic (exact) mass is 459 g/mol. The summed E-state index contributed by atoms with van der Waals surface area (Å²) in [5.74, 6) is -0.346. The Balaban J connectivity index is 2.24. The first-order chi connectivity index (χ1) is 14.8. The number of unbranched alkanes of at least 4 members (excludes halogenated alkanes) is 9. The van der Waals surface area contributed by atoms with Gasteiger partial charge in [0.1, 0.15) is 10.7 Å². The van der Waals surface area contributed by atoms with Crippen molar-refractivity contribution in [2.75, 3.05) is 6.61 Å². The fourth-order valence-electron chi connectivity index (χ4n) is 3.00. The molecule has 1 rings (SSSR count). The summed E-state index contributed by atoms with van der Waals surface area (Å²) in [7, 11) is 0. The number of carbonyl (C=O) groups excluding carboxylic acids is 2. The fourth-order valence-corrected chi connectivity index (χ4v) is 3.24. The van der Waals surface area contributed by atoms with Gasteiger partial charge < -0.3 is 23.9 Å². The van der Waals surface area contributed by atoms with Crippen molar-refractivity contribution in [3.8, 4) is 5.75 Å².